The Morgan fingerprint density at radius 1 is 1.15 bits per heavy atom. The first-order valence-electron chi connectivity index (χ1n) is 13.2. The zero-order chi connectivity index (χ0) is 34.2. The van der Waals surface area contributed by atoms with Crippen LogP contribution < -0.4 is 22.5 Å². The average Bonchev–Trinajstić information content (AvgIpc) is 3.45. The lowest BCUT2D eigenvalue weighted by molar-refractivity contribution is -0.151. The first-order valence-corrected chi connectivity index (χ1v) is 16.1. The Hall–Kier alpha value is -5.28. The fourth-order valence-corrected chi connectivity index (χ4v) is 7.30. The molecule has 0 saturated carbocycles. The van der Waals surface area contributed by atoms with Crippen LogP contribution in [0.15, 0.2) is 45.2 Å². The zero-order valence-electron chi connectivity index (χ0n) is 24.0. The molecule has 4 heterocycles. The van der Waals surface area contributed by atoms with Crippen molar-refractivity contribution >= 4 is 81.1 Å². The summed E-state index contributed by atoms with van der Waals surface area (Å²) in [5.74, 6) is -5.00. The predicted octanol–water partition coefficient (Wildman–Crippen LogP) is 0.477. The molecule has 0 aliphatic carbocycles. The second-order valence-electron chi connectivity index (χ2n) is 9.89. The van der Waals surface area contributed by atoms with Gasteiger partial charge in [0.15, 0.2) is 27.5 Å². The lowest BCUT2D eigenvalue weighted by Crippen LogP contribution is -2.71. The van der Waals surface area contributed by atoms with E-state index in [9.17, 15) is 39.6 Å². The SMILES string of the molecule is Cc1c(N)nc(SCC2=C(C(=O)O)N3C(=O)[C@@H](NC(=O)/C(=N/O[C@@H](C(=O)O)c4ccc(O)c(O)c4)c4csc(N)n4)[C@H]3SC2)nc1N. The number of benzene rings is 1. The van der Waals surface area contributed by atoms with Crippen LogP contribution in [0.3, 0.4) is 0 Å². The van der Waals surface area contributed by atoms with Crippen molar-refractivity contribution in [2.75, 3.05) is 28.7 Å². The van der Waals surface area contributed by atoms with E-state index in [4.69, 9.17) is 22.0 Å². The number of aliphatic carboxylic acids is 2. The minimum Gasteiger partial charge on any atom is -0.504 e. The van der Waals surface area contributed by atoms with Crippen molar-refractivity contribution in [3.8, 4) is 11.5 Å². The summed E-state index contributed by atoms with van der Waals surface area (Å²) in [6.07, 6.45) is -1.83. The molecule has 0 radical (unpaired) electrons. The molecule has 0 bridgehead atoms. The molecule has 2 amide bonds. The number of fused-ring (bicyclic) bond motifs is 1. The van der Waals surface area contributed by atoms with Crippen molar-refractivity contribution in [2.24, 2.45) is 5.16 Å². The number of aromatic hydroxyl groups is 2. The van der Waals surface area contributed by atoms with Gasteiger partial charge in [0.1, 0.15) is 34.4 Å². The maximum atomic E-state index is 13.4. The number of nitrogen functional groups attached to an aromatic ring is 3. The molecule has 21 heteroatoms. The maximum Gasteiger partial charge on any atom is 0.352 e. The number of phenols is 2. The Labute approximate surface area is 276 Å². The molecule has 1 fully saturated rings. The highest BCUT2D eigenvalue weighted by molar-refractivity contribution is 8.01. The van der Waals surface area contributed by atoms with Crippen LogP contribution >= 0.6 is 34.9 Å². The van der Waals surface area contributed by atoms with Gasteiger partial charge in [0, 0.05) is 28.0 Å². The van der Waals surface area contributed by atoms with Gasteiger partial charge < -0.3 is 47.8 Å². The number of thioether (sulfide) groups is 2. The number of phenolic OH excluding ortho intramolecular Hbond substituents is 2. The van der Waals surface area contributed by atoms with Crippen LogP contribution in [0.2, 0.25) is 0 Å². The third-order valence-corrected chi connectivity index (χ3v) is 9.82. The van der Waals surface area contributed by atoms with Crippen molar-refractivity contribution in [1.29, 1.82) is 0 Å². The summed E-state index contributed by atoms with van der Waals surface area (Å²) in [4.78, 5) is 69.5. The minimum absolute atomic E-state index is 0.0514. The minimum atomic E-state index is -1.83. The Morgan fingerprint density at radius 2 is 1.85 bits per heavy atom. The topological polar surface area (TPSA) is 303 Å². The Kier molecular flexibility index (Phi) is 9.31. The molecule has 1 saturated heterocycles. The Balaban J connectivity index is 1.35. The van der Waals surface area contributed by atoms with Crippen LogP contribution in [-0.2, 0) is 24.0 Å². The molecule has 2 aliphatic heterocycles. The highest BCUT2D eigenvalue weighted by atomic mass is 32.2. The number of hydrogen-bond acceptors (Lipinski definition) is 17. The van der Waals surface area contributed by atoms with Gasteiger partial charge >= 0.3 is 11.9 Å². The number of carbonyl (C=O) groups excluding carboxylic acids is 2. The lowest BCUT2D eigenvalue weighted by Gasteiger charge is -2.49. The molecule has 47 heavy (non-hydrogen) atoms. The number of carboxylic acid groups (broad SMARTS) is 2. The number of carbonyl (C=O) groups is 4. The van der Waals surface area contributed by atoms with Crippen molar-refractivity contribution in [1.82, 2.24) is 25.2 Å². The lowest BCUT2D eigenvalue weighted by atomic mass is 10.0. The molecule has 1 aromatic carbocycles. The van der Waals surface area contributed by atoms with Gasteiger partial charge in [0.25, 0.3) is 11.8 Å². The largest absolute Gasteiger partial charge is 0.504 e. The van der Waals surface area contributed by atoms with E-state index in [0.717, 1.165) is 40.1 Å². The number of amides is 2. The number of carboxylic acids is 2. The van der Waals surface area contributed by atoms with Crippen molar-refractivity contribution in [3.05, 3.63) is 51.7 Å². The number of β-lactam (4-membered cyclic amide) rings is 1. The third kappa shape index (κ3) is 6.66. The number of nitrogens with two attached hydrogens (primary N) is 3. The monoisotopic (exact) mass is 703 g/mol. The summed E-state index contributed by atoms with van der Waals surface area (Å²) < 4.78 is 0. The van der Waals surface area contributed by atoms with Crippen LogP contribution in [-0.4, -0.2) is 92.7 Å². The standard InChI is InChI=1S/C26H25N9O9S3/c1-8-18(27)32-26(33-19(8)28)47-6-10-5-45-22-15(21(39)35(22)16(10)23(40)41)31-20(38)14(11-7-46-25(29)30-11)34-44-17(24(42)43)9-2-3-12(36)13(37)4-9/h2-4,7,15,17,22,36-37H,5-6H2,1H3,(H2,29,30)(H,31,38)(H,40,41)(H,42,43)(H4,27,28,32,33)/b34-14+/t15-,17-,22-/m1/s1. The first-order chi connectivity index (χ1) is 22.3. The Bertz CT molecular complexity index is 1840. The first kappa shape index (κ1) is 33.1. The number of oxime groups is 1. The van der Waals surface area contributed by atoms with Crippen LogP contribution in [0.25, 0.3) is 0 Å². The van der Waals surface area contributed by atoms with Gasteiger partial charge in [0.2, 0.25) is 6.10 Å². The van der Waals surface area contributed by atoms with Crippen molar-refractivity contribution in [3.63, 3.8) is 0 Å². The maximum absolute atomic E-state index is 13.4. The van der Waals surface area contributed by atoms with Gasteiger partial charge in [-0.05, 0) is 24.6 Å². The molecule has 3 aromatic rings. The van der Waals surface area contributed by atoms with Crippen LogP contribution in [0, 0.1) is 6.92 Å². The Morgan fingerprint density at radius 3 is 2.45 bits per heavy atom. The summed E-state index contributed by atoms with van der Waals surface area (Å²) in [6.45, 7) is 1.66. The van der Waals surface area contributed by atoms with E-state index in [1.54, 1.807) is 6.92 Å². The number of thiazole rings is 1. The van der Waals surface area contributed by atoms with E-state index in [2.05, 4.69) is 25.4 Å². The van der Waals surface area contributed by atoms with E-state index in [0.29, 0.717) is 11.1 Å². The number of anilines is 3. The van der Waals surface area contributed by atoms with Gasteiger partial charge in [-0.15, -0.1) is 23.1 Å². The summed E-state index contributed by atoms with van der Waals surface area (Å²) in [5.41, 5.74) is 17.4. The highest BCUT2D eigenvalue weighted by Gasteiger charge is 2.54. The van der Waals surface area contributed by atoms with Crippen molar-refractivity contribution in [2.45, 2.75) is 29.6 Å². The van der Waals surface area contributed by atoms with E-state index in [-0.39, 0.29) is 50.4 Å². The smallest absolute Gasteiger partial charge is 0.352 e. The molecule has 5 rings (SSSR count). The quantitative estimate of drug-likeness (QED) is 0.0336. The summed E-state index contributed by atoms with van der Waals surface area (Å²) in [5, 5.41) is 46.2. The van der Waals surface area contributed by atoms with Crippen LogP contribution in [0.5, 0.6) is 11.5 Å². The molecule has 0 spiro atoms. The average molecular weight is 704 g/mol. The fourth-order valence-electron chi connectivity index (χ4n) is 4.41. The second-order valence-corrected chi connectivity index (χ2v) is 12.8. The molecular weight excluding hydrogens is 679 g/mol. The molecule has 11 N–H and O–H groups in total. The van der Waals surface area contributed by atoms with E-state index in [1.807, 2.05) is 0 Å². The molecule has 18 nitrogen and oxygen atoms in total. The predicted molar refractivity (Wildman–Crippen MR) is 170 cm³/mol. The second kappa shape index (κ2) is 13.2. The molecule has 3 atom stereocenters. The molecule has 246 valence electrons. The van der Waals surface area contributed by atoms with E-state index < -0.39 is 58.5 Å². The fraction of sp³-hybridized carbons (Fsp3) is 0.231. The highest BCUT2D eigenvalue weighted by Crippen LogP contribution is 2.41. The van der Waals surface area contributed by atoms with Gasteiger partial charge in [-0.25, -0.2) is 24.5 Å². The van der Waals surface area contributed by atoms with Crippen LogP contribution in [0.4, 0.5) is 16.8 Å². The summed E-state index contributed by atoms with van der Waals surface area (Å²) in [6, 6.07) is 1.99. The zero-order valence-corrected chi connectivity index (χ0v) is 26.4. The number of nitrogens with zero attached hydrogens (tertiary/aromatic N) is 5. The van der Waals surface area contributed by atoms with Crippen molar-refractivity contribution < 1.29 is 44.4 Å². The molecule has 2 aromatic heterocycles. The normalized spacial score (nSPS) is 18.3. The number of hydrogen-bond donors (Lipinski definition) is 8. The summed E-state index contributed by atoms with van der Waals surface area (Å²) >= 11 is 3.27. The molecule has 2 aliphatic rings. The molecular formula is C26H25N9O9S3. The van der Waals surface area contributed by atoms with E-state index >= 15 is 0 Å². The van der Waals surface area contributed by atoms with Crippen LogP contribution in [0.1, 0.15) is 22.9 Å². The molecule has 0 unspecified atom stereocenters. The number of nitrogens with one attached hydrogen (secondary N) is 1. The number of aromatic nitrogens is 3. The van der Waals surface area contributed by atoms with E-state index in [1.165, 1.54) is 23.2 Å². The number of rotatable bonds is 11. The van der Waals surface area contributed by atoms with Gasteiger partial charge in [-0.2, -0.15) is 0 Å². The van der Waals surface area contributed by atoms with Gasteiger partial charge in [-0.1, -0.05) is 23.0 Å². The third-order valence-electron chi connectivity index (χ3n) is 6.87. The summed E-state index contributed by atoms with van der Waals surface area (Å²) in [7, 11) is 0. The van der Waals surface area contributed by atoms with Gasteiger partial charge in [0.05, 0.1) is 0 Å². The van der Waals surface area contributed by atoms with Gasteiger partial charge in [-0.3, -0.25) is 14.5 Å².